The van der Waals surface area contributed by atoms with Gasteiger partial charge >= 0.3 is 12.2 Å². The van der Waals surface area contributed by atoms with Gasteiger partial charge in [0.2, 0.25) is 5.91 Å². The maximum absolute atomic E-state index is 15.9. The molecule has 3 amide bonds. The summed E-state index contributed by atoms with van der Waals surface area (Å²) in [6.45, 7) is 13.5. The van der Waals surface area contributed by atoms with Gasteiger partial charge in [-0.3, -0.25) is 4.79 Å². The Morgan fingerprint density at radius 2 is 1.77 bits per heavy atom. The van der Waals surface area contributed by atoms with Crippen LogP contribution in [0.4, 0.5) is 25.5 Å². The molecule has 1 atom stereocenters. The molecule has 1 saturated carbocycles. The number of halogens is 2. The predicted octanol–water partition coefficient (Wildman–Crippen LogP) is 5.88. The first-order valence-corrected chi connectivity index (χ1v) is 16.9. The van der Waals surface area contributed by atoms with Crippen LogP contribution >= 0.6 is 15.9 Å². The molecule has 1 N–H and O–H groups in total. The van der Waals surface area contributed by atoms with Crippen LogP contribution in [0.1, 0.15) is 78.9 Å². The Labute approximate surface area is 286 Å². The molecule has 15 heteroatoms. The molecule has 2 aliphatic heterocycles. The first-order valence-electron chi connectivity index (χ1n) is 16.1. The number of carbonyl (C=O) groups excluding carboxylic acids is 3. The van der Waals surface area contributed by atoms with Crippen LogP contribution in [0, 0.1) is 11.2 Å². The lowest BCUT2D eigenvalue weighted by Crippen LogP contribution is -2.44. The van der Waals surface area contributed by atoms with Gasteiger partial charge in [-0.1, -0.05) is 0 Å². The third-order valence-corrected chi connectivity index (χ3v) is 9.25. The molecule has 0 unspecified atom stereocenters. The number of hydrogen-bond acceptors (Lipinski definition) is 10. The number of imidazole rings is 1. The molecule has 3 aliphatic rings. The van der Waals surface area contributed by atoms with E-state index in [-0.39, 0.29) is 39.9 Å². The Hall–Kier alpha value is -4.01. The largest absolute Gasteiger partial charge is 0.491 e. The van der Waals surface area contributed by atoms with Crippen molar-refractivity contribution in [2.24, 2.45) is 5.41 Å². The van der Waals surface area contributed by atoms with Crippen LogP contribution in [-0.4, -0.2) is 74.6 Å². The second-order valence-electron chi connectivity index (χ2n) is 14.9. The SMILES string of the molecule is CC(C)(C)OC(=O)N(C(=O)OC(C)(C)C)c1ncnc2c1ncn2Cc1c(Br)c(F)c2c(c1N1CC[C@](C)(C(=O)NC3CC3)C1)OCC2. The molecule has 2 aromatic heterocycles. The fraction of sp³-hybridized carbons (Fsp3) is 0.576. The lowest BCUT2D eigenvalue weighted by Gasteiger charge is -2.28. The van der Waals surface area contributed by atoms with Crippen LogP contribution in [0.2, 0.25) is 0 Å². The molecule has 13 nitrogen and oxygen atoms in total. The maximum Gasteiger partial charge on any atom is 0.425 e. The highest BCUT2D eigenvalue weighted by Gasteiger charge is 2.44. The molecule has 1 aliphatic carbocycles. The monoisotopic (exact) mass is 729 g/mol. The number of benzene rings is 1. The number of amides is 3. The highest BCUT2D eigenvalue weighted by molar-refractivity contribution is 9.10. The molecule has 2 fully saturated rings. The molecule has 6 rings (SSSR count). The molecule has 0 bridgehead atoms. The van der Waals surface area contributed by atoms with Crippen LogP contribution in [0.3, 0.4) is 0 Å². The second-order valence-corrected chi connectivity index (χ2v) is 15.7. The number of fused-ring (bicyclic) bond motifs is 2. The number of aromatic nitrogens is 4. The molecule has 258 valence electrons. The van der Waals surface area contributed by atoms with E-state index in [9.17, 15) is 14.4 Å². The van der Waals surface area contributed by atoms with Crippen molar-refractivity contribution in [1.29, 1.82) is 0 Å². The number of hydrogen-bond donors (Lipinski definition) is 1. The van der Waals surface area contributed by atoms with E-state index in [2.05, 4.69) is 41.1 Å². The number of carbonyl (C=O) groups is 3. The van der Waals surface area contributed by atoms with Gasteiger partial charge in [0, 0.05) is 36.7 Å². The molecule has 4 heterocycles. The van der Waals surface area contributed by atoms with Gasteiger partial charge in [-0.05, 0) is 83.7 Å². The van der Waals surface area contributed by atoms with Crippen LogP contribution in [-0.2, 0) is 27.2 Å². The summed E-state index contributed by atoms with van der Waals surface area (Å²) in [5.41, 5.74) is -0.271. The second kappa shape index (κ2) is 12.1. The van der Waals surface area contributed by atoms with Crippen molar-refractivity contribution >= 4 is 56.7 Å². The van der Waals surface area contributed by atoms with Crippen molar-refractivity contribution in [3.63, 3.8) is 0 Å². The number of imide groups is 1. The standard InChI is InChI=1S/C33H41BrFN7O6/c1-31(2,3)47-29(44)42(30(45)48-32(4,5)6)27-23-26(36-16-37-27)41(17-38-23)14-20-21(34)22(35)19-10-13-46-25(19)24(20)40-12-11-33(7,15-40)28(43)39-18-8-9-18/h16-18H,8-15H2,1-7H3,(H,39,43)/t33-/m0/s1. The summed E-state index contributed by atoms with van der Waals surface area (Å²) in [5, 5.41) is 3.14. The maximum atomic E-state index is 15.9. The molecule has 0 radical (unpaired) electrons. The van der Waals surface area contributed by atoms with E-state index in [0.29, 0.717) is 60.0 Å². The quantitative estimate of drug-likeness (QED) is 0.327. The average Bonchev–Trinajstić information content (AvgIpc) is 3.33. The molecule has 0 spiro atoms. The summed E-state index contributed by atoms with van der Waals surface area (Å²) in [7, 11) is 0. The highest BCUT2D eigenvalue weighted by Crippen LogP contribution is 2.48. The van der Waals surface area contributed by atoms with Crippen molar-refractivity contribution in [2.45, 2.75) is 97.9 Å². The Kier molecular flexibility index (Phi) is 8.57. The molecular formula is C33H41BrFN7O6. The minimum Gasteiger partial charge on any atom is -0.491 e. The fourth-order valence-electron chi connectivity index (χ4n) is 5.97. The third kappa shape index (κ3) is 6.65. The van der Waals surface area contributed by atoms with Crippen molar-refractivity contribution in [3.8, 4) is 5.75 Å². The van der Waals surface area contributed by atoms with Gasteiger partial charge in [-0.2, -0.15) is 4.90 Å². The molecular weight excluding hydrogens is 689 g/mol. The fourth-order valence-corrected chi connectivity index (χ4v) is 6.52. The van der Waals surface area contributed by atoms with Crippen LogP contribution in [0.25, 0.3) is 11.2 Å². The van der Waals surface area contributed by atoms with Gasteiger partial charge in [0.15, 0.2) is 17.0 Å². The Morgan fingerprint density at radius 1 is 1.10 bits per heavy atom. The van der Waals surface area contributed by atoms with Crippen molar-refractivity contribution < 1.29 is 33.0 Å². The van der Waals surface area contributed by atoms with E-state index in [1.165, 1.54) is 12.7 Å². The lowest BCUT2D eigenvalue weighted by molar-refractivity contribution is -0.129. The number of anilines is 2. The summed E-state index contributed by atoms with van der Waals surface area (Å²) in [6, 6.07) is 0.245. The first kappa shape index (κ1) is 33.9. The minimum absolute atomic E-state index is 0.0251. The topological polar surface area (TPSA) is 141 Å². The van der Waals surface area contributed by atoms with E-state index in [1.54, 1.807) is 46.1 Å². The molecule has 3 aromatic rings. The van der Waals surface area contributed by atoms with E-state index >= 15 is 4.39 Å². The summed E-state index contributed by atoms with van der Waals surface area (Å²) in [4.78, 5) is 56.0. The van der Waals surface area contributed by atoms with E-state index < -0.39 is 34.6 Å². The summed E-state index contributed by atoms with van der Waals surface area (Å²) in [5.74, 6) is -0.0343. The van der Waals surface area contributed by atoms with Gasteiger partial charge in [0.1, 0.15) is 29.1 Å². The van der Waals surface area contributed by atoms with Crippen molar-refractivity contribution in [2.75, 3.05) is 29.5 Å². The van der Waals surface area contributed by atoms with Gasteiger partial charge < -0.3 is 29.0 Å². The number of nitrogens with zero attached hydrogens (tertiary/aromatic N) is 6. The van der Waals surface area contributed by atoms with Crippen LogP contribution in [0.5, 0.6) is 5.75 Å². The minimum atomic E-state index is -0.989. The smallest absolute Gasteiger partial charge is 0.425 e. The predicted molar refractivity (Wildman–Crippen MR) is 179 cm³/mol. The Morgan fingerprint density at radius 3 is 2.40 bits per heavy atom. The highest BCUT2D eigenvalue weighted by atomic mass is 79.9. The summed E-state index contributed by atoms with van der Waals surface area (Å²) < 4.78 is 34.9. The number of rotatable bonds is 6. The van der Waals surface area contributed by atoms with Gasteiger partial charge in [-0.25, -0.2) is 28.9 Å². The van der Waals surface area contributed by atoms with Gasteiger partial charge in [0.25, 0.3) is 0 Å². The van der Waals surface area contributed by atoms with Gasteiger partial charge in [0.05, 0.1) is 35.1 Å². The zero-order valence-corrected chi connectivity index (χ0v) is 29.9. The molecule has 1 saturated heterocycles. The van der Waals surface area contributed by atoms with Crippen molar-refractivity contribution in [3.05, 3.63) is 34.1 Å². The number of ether oxygens (including phenoxy) is 3. The van der Waals surface area contributed by atoms with E-state index in [0.717, 1.165) is 12.8 Å². The Bertz CT molecular complexity index is 1770. The van der Waals surface area contributed by atoms with E-state index in [1.807, 2.05) is 6.92 Å². The lowest BCUT2D eigenvalue weighted by atomic mass is 9.88. The zero-order valence-electron chi connectivity index (χ0n) is 28.3. The normalized spacial score (nSPS) is 19.2. The van der Waals surface area contributed by atoms with Crippen LogP contribution < -0.4 is 19.9 Å². The zero-order chi connectivity index (χ0) is 34.8. The van der Waals surface area contributed by atoms with Gasteiger partial charge in [-0.15, -0.1) is 0 Å². The van der Waals surface area contributed by atoms with Crippen LogP contribution in [0.15, 0.2) is 17.1 Å². The summed E-state index contributed by atoms with van der Waals surface area (Å²) >= 11 is 3.54. The number of nitrogens with one attached hydrogen (secondary N) is 1. The van der Waals surface area contributed by atoms with E-state index in [4.69, 9.17) is 14.2 Å². The van der Waals surface area contributed by atoms with Crippen molar-refractivity contribution in [1.82, 2.24) is 24.8 Å². The first-order chi connectivity index (χ1) is 22.5. The summed E-state index contributed by atoms with van der Waals surface area (Å²) in [6.07, 6.45) is 3.78. The molecule has 48 heavy (non-hydrogen) atoms. The third-order valence-electron chi connectivity index (χ3n) is 8.42. The Balaban J connectivity index is 1.40. The average molecular weight is 731 g/mol. The molecule has 1 aromatic carbocycles.